The molecule has 0 saturated heterocycles. The van der Waals surface area contributed by atoms with Crippen molar-refractivity contribution in [2.45, 2.75) is 10.6 Å². The van der Waals surface area contributed by atoms with Gasteiger partial charge in [-0.1, -0.05) is 39.7 Å². The van der Waals surface area contributed by atoms with Crippen LogP contribution in [-0.4, -0.2) is 13.1 Å². The van der Waals surface area contributed by atoms with E-state index in [2.05, 4.69) is 15.9 Å². The Hall–Kier alpha value is -1.17. The van der Waals surface area contributed by atoms with Crippen molar-refractivity contribution in [1.29, 1.82) is 0 Å². The molecule has 2 N–H and O–H groups in total. The fourth-order valence-electron chi connectivity index (χ4n) is 1.74. The average Bonchev–Trinajstić information content (AvgIpc) is 2.47. The summed E-state index contributed by atoms with van der Waals surface area (Å²) in [6, 6.07) is 10.8. The number of hydrogen-bond acceptors (Lipinski definition) is 4. The SMILES string of the molecule is COC(=O)c1ccc(CSc2c(N)cccc2Cl)c(Br)c1. The zero-order valence-electron chi connectivity index (χ0n) is 11.2. The number of nitrogen functional groups attached to an aromatic ring is 1. The first kappa shape index (κ1) is 16.2. The molecule has 2 rings (SSSR count). The molecule has 0 aliphatic heterocycles. The van der Waals surface area contributed by atoms with E-state index >= 15 is 0 Å². The summed E-state index contributed by atoms with van der Waals surface area (Å²) in [5.41, 5.74) is 8.15. The first-order valence-electron chi connectivity index (χ1n) is 6.06. The summed E-state index contributed by atoms with van der Waals surface area (Å²) in [6.45, 7) is 0. The zero-order chi connectivity index (χ0) is 15.4. The van der Waals surface area contributed by atoms with Crippen molar-refractivity contribution in [2.24, 2.45) is 0 Å². The highest BCUT2D eigenvalue weighted by Gasteiger charge is 2.10. The van der Waals surface area contributed by atoms with Gasteiger partial charge in [0, 0.05) is 20.8 Å². The molecule has 3 nitrogen and oxygen atoms in total. The molecule has 0 atom stereocenters. The lowest BCUT2D eigenvalue weighted by molar-refractivity contribution is 0.0600. The van der Waals surface area contributed by atoms with E-state index in [1.165, 1.54) is 7.11 Å². The lowest BCUT2D eigenvalue weighted by Gasteiger charge is -2.09. The molecular formula is C15H13BrClNO2S. The van der Waals surface area contributed by atoms with Crippen molar-refractivity contribution in [1.82, 2.24) is 0 Å². The summed E-state index contributed by atoms with van der Waals surface area (Å²) in [5, 5.41) is 0.641. The Balaban J connectivity index is 2.16. The normalized spacial score (nSPS) is 10.4. The number of carbonyl (C=O) groups excluding carboxylic acids is 1. The van der Waals surface area contributed by atoms with Crippen LogP contribution in [0, 0.1) is 0 Å². The third kappa shape index (κ3) is 3.93. The maximum Gasteiger partial charge on any atom is 0.337 e. The maximum atomic E-state index is 11.5. The van der Waals surface area contributed by atoms with Gasteiger partial charge >= 0.3 is 5.97 Å². The van der Waals surface area contributed by atoms with E-state index in [1.54, 1.807) is 23.9 Å². The number of rotatable bonds is 4. The number of carbonyl (C=O) groups is 1. The van der Waals surface area contributed by atoms with Crippen molar-refractivity contribution < 1.29 is 9.53 Å². The van der Waals surface area contributed by atoms with Crippen molar-refractivity contribution in [3.8, 4) is 0 Å². The highest BCUT2D eigenvalue weighted by molar-refractivity contribution is 9.10. The molecule has 6 heteroatoms. The average molecular weight is 387 g/mol. The first-order valence-corrected chi connectivity index (χ1v) is 8.22. The number of esters is 1. The number of nitrogens with two attached hydrogens (primary N) is 1. The molecule has 0 fully saturated rings. The van der Waals surface area contributed by atoms with Crippen LogP contribution in [0.25, 0.3) is 0 Å². The number of methoxy groups -OCH3 is 1. The second kappa shape index (κ2) is 7.20. The van der Waals surface area contributed by atoms with Crippen LogP contribution in [0.4, 0.5) is 5.69 Å². The molecule has 110 valence electrons. The number of anilines is 1. The summed E-state index contributed by atoms with van der Waals surface area (Å²) >= 11 is 11.2. The molecule has 0 radical (unpaired) electrons. The van der Waals surface area contributed by atoms with Gasteiger partial charge in [-0.25, -0.2) is 4.79 Å². The molecule has 0 heterocycles. The molecule has 0 amide bonds. The van der Waals surface area contributed by atoms with E-state index in [0.29, 0.717) is 22.0 Å². The summed E-state index contributed by atoms with van der Waals surface area (Å²) in [4.78, 5) is 12.3. The van der Waals surface area contributed by atoms with Crippen LogP contribution in [0.5, 0.6) is 0 Å². The van der Waals surface area contributed by atoms with Crippen LogP contribution in [0.3, 0.4) is 0 Å². The number of hydrogen-bond donors (Lipinski definition) is 1. The van der Waals surface area contributed by atoms with E-state index in [-0.39, 0.29) is 5.97 Å². The van der Waals surface area contributed by atoms with Gasteiger partial charge in [0.1, 0.15) is 0 Å². The smallest absolute Gasteiger partial charge is 0.337 e. The maximum absolute atomic E-state index is 11.5. The number of thioether (sulfide) groups is 1. The van der Waals surface area contributed by atoms with Crippen LogP contribution in [-0.2, 0) is 10.5 Å². The van der Waals surface area contributed by atoms with Gasteiger partial charge in [0.15, 0.2) is 0 Å². The van der Waals surface area contributed by atoms with Crippen LogP contribution in [0.15, 0.2) is 45.8 Å². The van der Waals surface area contributed by atoms with Gasteiger partial charge < -0.3 is 10.5 Å². The molecule has 0 aromatic heterocycles. The summed E-state index contributed by atoms with van der Waals surface area (Å²) < 4.78 is 5.54. The monoisotopic (exact) mass is 385 g/mol. The molecular weight excluding hydrogens is 374 g/mol. The van der Waals surface area contributed by atoms with Gasteiger partial charge in [0.05, 0.1) is 17.7 Å². The Labute approximate surface area is 140 Å². The second-order valence-electron chi connectivity index (χ2n) is 4.24. The third-order valence-electron chi connectivity index (χ3n) is 2.84. The van der Waals surface area contributed by atoms with Crippen molar-refractivity contribution in [2.75, 3.05) is 12.8 Å². The molecule has 0 spiro atoms. The largest absolute Gasteiger partial charge is 0.465 e. The summed E-state index contributed by atoms with van der Waals surface area (Å²) in [6.07, 6.45) is 0. The second-order valence-corrected chi connectivity index (χ2v) is 6.49. The Morgan fingerprint density at radius 1 is 1.38 bits per heavy atom. The highest BCUT2D eigenvalue weighted by atomic mass is 79.9. The van der Waals surface area contributed by atoms with Gasteiger partial charge in [-0.15, -0.1) is 11.8 Å². The Bertz CT molecular complexity index is 658. The number of ether oxygens (including phenoxy) is 1. The summed E-state index contributed by atoms with van der Waals surface area (Å²) in [7, 11) is 1.36. The lowest BCUT2D eigenvalue weighted by Crippen LogP contribution is -2.01. The minimum absolute atomic E-state index is 0.356. The fraction of sp³-hybridized carbons (Fsp3) is 0.133. The Kier molecular flexibility index (Phi) is 5.56. The topological polar surface area (TPSA) is 52.3 Å². The zero-order valence-corrected chi connectivity index (χ0v) is 14.4. The lowest BCUT2D eigenvalue weighted by atomic mass is 10.1. The van der Waals surface area contributed by atoms with Gasteiger partial charge in [0.25, 0.3) is 0 Å². The standard InChI is InChI=1S/C15H13BrClNO2S/c1-20-15(19)9-5-6-10(11(16)7-9)8-21-14-12(17)3-2-4-13(14)18/h2-7H,8,18H2,1H3. The third-order valence-corrected chi connectivity index (χ3v) is 5.21. The Morgan fingerprint density at radius 2 is 2.14 bits per heavy atom. The van der Waals surface area contributed by atoms with E-state index in [0.717, 1.165) is 14.9 Å². The number of halogens is 2. The molecule has 21 heavy (non-hydrogen) atoms. The van der Waals surface area contributed by atoms with Crippen molar-refractivity contribution >= 4 is 50.9 Å². The minimum atomic E-state index is -0.356. The fourth-order valence-corrected chi connectivity index (χ4v) is 3.78. The van der Waals surface area contributed by atoms with Crippen LogP contribution < -0.4 is 5.73 Å². The van der Waals surface area contributed by atoms with Crippen LogP contribution >= 0.6 is 39.3 Å². The molecule has 2 aromatic rings. The van der Waals surface area contributed by atoms with Crippen molar-refractivity contribution in [3.63, 3.8) is 0 Å². The van der Waals surface area contributed by atoms with E-state index in [4.69, 9.17) is 22.1 Å². The van der Waals surface area contributed by atoms with Crippen molar-refractivity contribution in [3.05, 3.63) is 57.0 Å². The van der Waals surface area contributed by atoms with E-state index < -0.39 is 0 Å². The molecule has 0 aliphatic rings. The molecule has 0 saturated carbocycles. The van der Waals surface area contributed by atoms with Gasteiger partial charge in [-0.05, 0) is 29.8 Å². The minimum Gasteiger partial charge on any atom is -0.465 e. The van der Waals surface area contributed by atoms with E-state index in [9.17, 15) is 4.79 Å². The summed E-state index contributed by atoms with van der Waals surface area (Å²) in [5.74, 6) is 0.334. The molecule has 0 bridgehead atoms. The number of benzene rings is 2. The molecule has 2 aromatic carbocycles. The van der Waals surface area contributed by atoms with Crippen LogP contribution in [0.2, 0.25) is 5.02 Å². The first-order chi connectivity index (χ1) is 10.0. The quantitative estimate of drug-likeness (QED) is 0.467. The molecule has 0 aliphatic carbocycles. The predicted molar refractivity (Wildman–Crippen MR) is 90.9 cm³/mol. The van der Waals surface area contributed by atoms with Gasteiger partial charge in [0.2, 0.25) is 0 Å². The Morgan fingerprint density at radius 3 is 2.76 bits per heavy atom. The highest BCUT2D eigenvalue weighted by Crippen LogP contribution is 2.35. The predicted octanol–water partition coefficient (Wildman–Crippen LogP) is 4.76. The van der Waals surface area contributed by atoms with Crippen LogP contribution in [0.1, 0.15) is 15.9 Å². The molecule has 0 unspecified atom stereocenters. The van der Waals surface area contributed by atoms with Gasteiger partial charge in [-0.3, -0.25) is 0 Å². The van der Waals surface area contributed by atoms with Gasteiger partial charge in [-0.2, -0.15) is 0 Å². The van der Waals surface area contributed by atoms with E-state index in [1.807, 2.05) is 24.3 Å².